The minimum Gasteiger partial charge on any atom is -0.254 e. The Morgan fingerprint density at radius 3 is 1.46 bits per heavy atom. The van der Waals surface area contributed by atoms with Gasteiger partial charge in [0.2, 0.25) is 0 Å². The van der Waals surface area contributed by atoms with Crippen molar-refractivity contribution < 1.29 is 0 Å². The molecule has 6 aromatic heterocycles. The lowest BCUT2D eigenvalue weighted by atomic mass is 9.99. The zero-order valence-corrected chi connectivity index (χ0v) is 28.8. The summed E-state index contributed by atoms with van der Waals surface area (Å²) < 4.78 is 0. The van der Waals surface area contributed by atoms with Gasteiger partial charge in [-0.1, -0.05) is 84.9 Å². The third-order valence-electron chi connectivity index (χ3n) is 10.4. The summed E-state index contributed by atoms with van der Waals surface area (Å²) in [5.74, 6) is 0. The Balaban J connectivity index is 0.879. The van der Waals surface area contributed by atoms with Crippen molar-refractivity contribution in [2.75, 3.05) is 0 Å². The second kappa shape index (κ2) is 12.1. The van der Waals surface area contributed by atoms with E-state index in [2.05, 4.69) is 148 Å². The molecule has 54 heavy (non-hydrogen) atoms. The summed E-state index contributed by atoms with van der Waals surface area (Å²) in [6.45, 7) is 0. The molecule has 6 heteroatoms. The zero-order chi connectivity index (χ0) is 35.6. The van der Waals surface area contributed by atoms with Crippen LogP contribution < -0.4 is 0 Å². The molecule has 0 amide bonds. The van der Waals surface area contributed by atoms with Gasteiger partial charge in [-0.2, -0.15) is 0 Å². The molecule has 0 fully saturated rings. The van der Waals surface area contributed by atoms with Crippen LogP contribution in [0, 0.1) is 0 Å². The number of hydrogen-bond donors (Lipinski definition) is 0. The van der Waals surface area contributed by atoms with E-state index < -0.39 is 0 Å². The van der Waals surface area contributed by atoms with Gasteiger partial charge in [0.25, 0.3) is 0 Å². The predicted molar refractivity (Wildman–Crippen MR) is 220 cm³/mol. The van der Waals surface area contributed by atoms with Crippen molar-refractivity contribution in [2.24, 2.45) is 0 Å². The van der Waals surface area contributed by atoms with Crippen LogP contribution in [0.4, 0.5) is 0 Å². The summed E-state index contributed by atoms with van der Waals surface area (Å²) >= 11 is 0. The van der Waals surface area contributed by atoms with Crippen molar-refractivity contribution in [1.29, 1.82) is 0 Å². The highest BCUT2D eigenvalue weighted by atomic mass is 14.8. The molecule has 0 N–H and O–H groups in total. The maximum absolute atomic E-state index is 5.11. The van der Waals surface area contributed by atoms with E-state index in [-0.39, 0.29) is 0 Å². The van der Waals surface area contributed by atoms with Crippen LogP contribution in [0.5, 0.6) is 0 Å². The molecule has 0 spiro atoms. The average molecular weight is 689 g/mol. The highest BCUT2D eigenvalue weighted by molar-refractivity contribution is 6.10. The molecule has 11 aromatic rings. The summed E-state index contributed by atoms with van der Waals surface area (Å²) in [4.78, 5) is 29.1. The molecule has 250 valence electrons. The zero-order valence-electron chi connectivity index (χ0n) is 28.8. The van der Waals surface area contributed by atoms with Crippen molar-refractivity contribution in [3.8, 4) is 44.9 Å². The average Bonchev–Trinajstić information content (AvgIpc) is 3.25. The highest BCUT2D eigenvalue weighted by Gasteiger charge is 2.13. The molecule has 0 aliphatic rings. The molecule has 0 aliphatic carbocycles. The maximum atomic E-state index is 5.11. The fraction of sp³-hybridized carbons (Fsp3) is 0. The van der Waals surface area contributed by atoms with Crippen LogP contribution in [0.15, 0.2) is 170 Å². The summed E-state index contributed by atoms with van der Waals surface area (Å²) in [5.41, 5.74) is 13.7. The van der Waals surface area contributed by atoms with Crippen molar-refractivity contribution in [1.82, 2.24) is 29.9 Å². The lowest BCUT2D eigenvalue weighted by Gasteiger charge is -2.11. The van der Waals surface area contributed by atoms with Gasteiger partial charge < -0.3 is 0 Å². The van der Waals surface area contributed by atoms with Crippen LogP contribution >= 0.6 is 0 Å². The second-order valence-electron chi connectivity index (χ2n) is 13.6. The van der Waals surface area contributed by atoms with E-state index in [1.807, 2.05) is 36.8 Å². The second-order valence-corrected chi connectivity index (χ2v) is 13.6. The van der Waals surface area contributed by atoms with Gasteiger partial charge in [0.1, 0.15) is 0 Å². The largest absolute Gasteiger partial charge is 0.254 e. The summed E-state index contributed by atoms with van der Waals surface area (Å²) in [5, 5.41) is 6.44. The van der Waals surface area contributed by atoms with Crippen LogP contribution in [0.1, 0.15) is 0 Å². The third kappa shape index (κ3) is 5.04. The van der Waals surface area contributed by atoms with E-state index in [4.69, 9.17) is 15.0 Å². The standard InChI is InChI=1S/C48H28N6/c1-4-31-11-12-32-13-18-41(54-47(32)45(31)49-23-1)30-9-7-29(8-10-30)40-21-16-35-26-33(14-19-42(35)52-40)34-15-20-43-36(27-34)17-22-44(53-43)39-28-37-5-2-24-50-46(37)48-38(39)6-3-25-51-48/h1-28H. The van der Waals surface area contributed by atoms with Crippen molar-refractivity contribution in [3.63, 3.8) is 0 Å². The van der Waals surface area contributed by atoms with Crippen LogP contribution in [0.25, 0.3) is 110 Å². The molecule has 6 nitrogen and oxygen atoms in total. The molecule has 0 saturated carbocycles. The Hall–Kier alpha value is -7.44. The first-order valence-electron chi connectivity index (χ1n) is 17.9. The van der Waals surface area contributed by atoms with Gasteiger partial charge >= 0.3 is 0 Å². The van der Waals surface area contributed by atoms with E-state index in [1.165, 1.54) is 0 Å². The number of aromatic nitrogens is 6. The molecular weight excluding hydrogens is 661 g/mol. The number of hydrogen-bond acceptors (Lipinski definition) is 6. The van der Waals surface area contributed by atoms with Gasteiger partial charge in [-0.05, 0) is 77.9 Å². The van der Waals surface area contributed by atoms with Crippen LogP contribution in [0.3, 0.4) is 0 Å². The molecular formula is C48H28N6. The molecule has 0 unspecified atom stereocenters. The van der Waals surface area contributed by atoms with Gasteiger partial charge in [-0.3, -0.25) is 15.0 Å². The van der Waals surface area contributed by atoms with E-state index >= 15 is 0 Å². The van der Waals surface area contributed by atoms with Crippen molar-refractivity contribution in [2.45, 2.75) is 0 Å². The smallest absolute Gasteiger partial charge is 0.0972 e. The lowest BCUT2D eigenvalue weighted by Crippen LogP contribution is -1.91. The van der Waals surface area contributed by atoms with Gasteiger partial charge in [0.05, 0.1) is 50.2 Å². The molecule has 5 aromatic carbocycles. The van der Waals surface area contributed by atoms with E-state index in [1.54, 1.807) is 0 Å². The maximum Gasteiger partial charge on any atom is 0.0972 e. The molecule has 11 rings (SSSR count). The predicted octanol–water partition coefficient (Wildman–Crippen LogP) is 11.6. The molecule has 0 radical (unpaired) electrons. The van der Waals surface area contributed by atoms with Gasteiger partial charge in [0.15, 0.2) is 0 Å². The Morgan fingerprint density at radius 1 is 0.296 bits per heavy atom. The Kier molecular flexibility index (Phi) is 6.75. The van der Waals surface area contributed by atoms with E-state index in [9.17, 15) is 0 Å². The Morgan fingerprint density at radius 2 is 0.778 bits per heavy atom. The van der Waals surface area contributed by atoms with Gasteiger partial charge in [0, 0.05) is 67.6 Å². The first-order chi connectivity index (χ1) is 26.7. The molecule has 0 atom stereocenters. The molecule has 0 bridgehead atoms. The Bertz CT molecular complexity index is 3280. The number of nitrogens with zero attached hydrogens (tertiary/aromatic N) is 6. The third-order valence-corrected chi connectivity index (χ3v) is 10.4. The Labute approximate surface area is 309 Å². The van der Waals surface area contributed by atoms with Crippen LogP contribution in [-0.2, 0) is 0 Å². The topological polar surface area (TPSA) is 77.3 Å². The lowest BCUT2D eigenvalue weighted by molar-refractivity contribution is 1.36. The minimum absolute atomic E-state index is 0.889. The minimum atomic E-state index is 0.889. The molecule has 6 heterocycles. The first-order valence-corrected chi connectivity index (χ1v) is 17.9. The van der Waals surface area contributed by atoms with Crippen molar-refractivity contribution in [3.05, 3.63) is 170 Å². The van der Waals surface area contributed by atoms with Crippen molar-refractivity contribution >= 4 is 65.4 Å². The first kappa shape index (κ1) is 30.2. The van der Waals surface area contributed by atoms with Gasteiger partial charge in [-0.15, -0.1) is 0 Å². The fourth-order valence-corrected chi connectivity index (χ4v) is 7.61. The summed E-state index contributed by atoms with van der Waals surface area (Å²) in [7, 11) is 0. The molecule has 0 saturated heterocycles. The van der Waals surface area contributed by atoms with Crippen LogP contribution in [-0.4, -0.2) is 29.9 Å². The van der Waals surface area contributed by atoms with Gasteiger partial charge in [-0.25, -0.2) is 15.0 Å². The number of pyridine rings is 6. The normalized spacial score (nSPS) is 11.7. The summed E-state index contributed by atoms with van der Waals surface area (Å²) in [6, 6.07) is 52.6. The number of fused-ring (bicyclic) bond motifs is 8. The fourth-order valence-electron chi connectivity index (χ4n) is 7.61. The number of benzene rings is 5. The van der Waals surface area contributed by atoms with E-state index in [0.29, 0.717) is 0 Å². The highest BCUT2D eigenvalue weighted by Crippen LogP contribution is 2.35. The van der Waals surface area contributed by atoms with E-state index in [0.717, 1.165) is 110 Å². The quantitative estimate of drug-likeness (QED) is 0.171. The SMILES string of the molecule is c1cnc2c(c1)ccc1ccc(-c3ccc(-c4ccc5cc(-c6ccc7nc(-c8cc9cccnc9c9ncccc89)ccc7c6)ccc5n4)cc3)nc12. The monoisotopic (exact) mass is 688 g/mol. The number of rotatable bonds is 4. The summed E-state index contributed by atoms with van der Waals surface area (Å²) in [6.07, 6.45) is 5.46. The van der Waals surface area contributed by atoms with Crippen LogP contribution in [0.2, 0.25) is 0 Å². The molecule has 0 aliphatic heterocycles.